The van der Waals surface area contributed by atoms with E-state index in [1.165, 1.54) is 25.0 Å². The maximum absolute atomic E-state index is 13.4. The molecule has 1 fully saturated rings. The minimum atomic E-state index is -0.740. The number of piperidine rings is 1. The summed E-state index contributed by atoms with van der Waals surface area (Å²) in [7, 11) is 2.13. The standard InChI is InChI=1S/C15H22FN3O/c1-10(11-4-3-7-19(2)9-11)18-12-5-6-14(16)13(8-12)15(17)20/h5-6,8,10-11,18H,3-4,7,9H2,1-2H3,(H2,17,20). The van der Waals surface area contributed by atoms with Crippen LogP contribution in [0.25, 0.3) is 0 Å². The van der Waals surface area contributed by atoms with Crippen molar-refractivity contribution in [3.8, 4) is 0 Å². The van der Waals surface area contributed by atoms with E-state index in [4.69, 9.17) is 5.73 Å². The molecule has 20 heavy (non-hydrogen) atoms. The highest BCUT2D eigenvalue weighted by atomic mass is 19.1. The van der Waals surface area contributed by atoms with Crippen LogP contribution in [0.5, 0.6) is 0 Å². The van der Waals surface area contributed by atoms with E-state index in [9.17, 15) is 9.18 Å². The highest BCUT2D eigenvalue weighted by molar-refractivity contribution is 5.94. The predicted octanol–water partition coefficient (Wildman–Crippen LogP) is 2.07. The third-order valence-electron chi connectivity index (χ3n) is 3.99. The molecule has 0 aromatic heterocycles. The van der Waals surface area contributed by atoms with Gasteiger partial charge in [0.15, 0.2) is 0 Å². The van der Waals surface area contributed by atoms with Gasteiger partial charge in [0, 0.05) is 18.3 Å². The smallest absolute Gasteiger partial charge is 0.251 e. The fourth-order valence-electron chi connectivity index (χ4n) is 2.80. The Morgan fingerprint density at radius 2 is 2.30 bits per heavy atom. The van der Waals surface area contributed by atoms with Crippen molar-refractivity contribution in [2.24, 2.45) is 11.7 Å². The zero-order valence-electron chi connectivity index (χ0n) is 12.0. The lowest BCUT2D eigenvalue weighted by atomic mass is 9.91. The summed E-state index contributed by atoms with van der Waals surface area (Å²) in [5.41, 5.74) is 5.83. The summed E-state index contributed by atoms with van der Waals surface area (Å²) in [5, 5.41) is 3.35. The molecule has 3 N–H and O–H groups in total. The van der Waals surface area contributed by atoms with Crippen LogP contribution in [-0.4, -0.2) is 37.0 Å². The number of primary amides is 1. The Morgan fingerprint density at radius 3 is 2.95 bits per heavy atom. The van der Waals surface area contributed by atoms with Crippen LogP contribution in [-0.2, 0) is 0 Å². The summed E-state index contributed by atoms with van der Waals surface area (Å²) < 4.78 is 13.4. The van der Waals surface area contributed by atoms with Crippen LogP contribution in [0.4, 0.5) is 10.1 Å². The number of benzene rings is 1. The van der Waals surface area contributed by atoms with E-state index in [0.717, 1.165) is 18.8 Å². The van der Waals surface area contributed by atoms with E-state index in [1.807, 2.05) is 0 Å². The fourth-order valence-corrected chi connectivity index (χ4v) is 2.80. The third kappa shape index (κ3) is 3.48. The number of carbonyl (C=O) groups is 1. The van der Waals surface area contributed by atoms with Gasteiger partial charge in [0.2, 0.25) is 0 Å². The average Bonchev–Trinajstić information content (AvgIpc) is 2.40. The summed E-state index contributed by atoms with van der Waals surface area (Å²) in [6.45, 7) is 4.32. The normalized spacial score (nSPS) is 21.4. The number of nitrogens with one attached hydrogen (secondary N) is 1. The van der Waals surface area contributed by atoms with Gasteiger partial charge in [0.1, 0.15) is 5.82 Å². The summed E-state index contributed by atoms with van der Waals surface area (Å²) in [4.78, 5) is 13.5. The molecule has 1 aliphatic heterocycles. The van der Waals surface area contributed by atoms with E-state index >= 15 is 0 Å². The number of amides is 1. The van der Waals surface area contributed by atoms with Crippen LogP contribution in [0.15, 0.2) is 18.2 Å². The van der Waals surface area contributed by atoms with E-state index in [0.29, 0.717) is 5.92 Å². The second-order valence-electron chi connectivity index (χ2n) is 5.66. The number of nitrogens with two attached hydrogens (primary N) is 1. The Kier molecular flexibility index (Phi) is 4.60. The number of hydrogen-bond acceptors (Lipinski definition) is 3. The largest absolute Gasteiger partial charge is 0.382 e. The van der Waals surface area contributed by atoms with Gasteiger partial charge in [0.05, 0.1) is 5.56 Å². The SMILES string of the molecule is CC(Nc1ccc(F)c(C(N)=O)c1)C1CCCN(C)C1. The van der Waals surface area contributed by atoms with Gasteiger partial charge in [-0.05, 0) is 57.5 Å². The molecule has 2 atom stereocenters. The van der Waals surface area contributed by atoms with Crippen LogP contribution in [0.1, 0.15) is 30.1 Å². The van der Waals surface area contributed by atoms with Gasteiger partial charge in [0.25, 0.3) is 5.91 Å². The Labute approximate surface area is 119 Å². The van der Waals surface area contributed by atoms with Crippen molar-refractivity contribution in [2.45, 2.75) is 25.8 Å². The monoisotopic (exact) mass is 279 g/mol. The van der Waals surface area contributed by atoms with Gasteiger partial charge in [-0.15, -0.1) is 0 Å². The number of likely N-dealkylation sites (tertiary alicyclic amines) is 1. The van der Waals surface area contributed by atoms with E-state index in [2.05, 4.69) is 24.2 Å². The van der Waals surface area contributed by atoms with E-state index in [1.54, 1.807) is 6.07 Å². The van der Waals surface area contributed by atoms with Crippen molar-refractivity contribution in [1.29, 1.82) is 0 Å². The Balaban J connectivity index is 2.05. The van der Waals surface area contributed by atoms with E-state index in [-0.39, 0.29) is 11.6 Å². The lowest BCUT2D eigenvalue weighted by Crippen LogP contribution is -2.39. The molecule has 2 unspecified atom stereocenters. The van der Waals surface area contributed by atoms with Gasteiger partial charge in [-0.2, -0.15) is 0 Å². The first-order chi connectivity index (χ1) is 9.47. The minimum Gasteiger partial charge on any atom is -0.382 e. The molecule has 0 saturated carbocycles. The van der Waals surface area contributed by atoms with Crippen LogP contribution in [0.3, 0.4) is 0 Å². The highest BCUT2D eigenvalue weighted by Gasteiger charge is 2.23. The Morgan fingerprint density at radius 1 is 1.55 bits per heavy atom. The summed E-state index contributed by atoms with van der Waals surface area (Å²) in [5.74, 6) is -0.764. The van der Waals surface area contributed by atoms with Crippen molar-refractivity contribution < 1.29 is 9.18 Å². The molecule has 1 heterocycles. The molecule has 2 rings (SSSR count). The molecule has 0 radical (unpaired) electrons. The van der Waals surface area contributed by atoms with Crippen LogP contribution < -0.4 is 11.1 Å². The first-order valence-electron chi connectivity index (χ1n) is 7.02. The maximum atomic E-state index is 13.4. The molecule has 0 aliphatic carbocycles. The zero-order valence-corrected chi connectivity index (χ0v) is 12.0. The van der Waals surface area contributed by atoms with Crippen molar-refractivity contribution in [1.82, 2.24) is 4.90 Å². The van der Waals surface area contributed by atoms with Gasteiger partial charge < -0.3 is 16.0 Å². The number of carbonyl (C=O) groups excluding carboxylic acids is 1. The molecule has 1 aliphatic rings. The summed E-state index contributed by atoms with van der Waals surface area (Å²) in [6, 6.07) is 4.68. The maximum Gasteiger partial charge on any atom is 0.251 e. The van der Waals surface area contributed by atoms with Gasteiger partial charge in [-0.25, -0.2) is 4.39 Å². The topological polar surface area (TPSA) is 58.4 Å². The summed E-state index contributed by atoms with van der Waals surface area (Å²) in [6.07, 6.45) is 2.38. The van der Waals surface area contributed by atoms with Crippen molar-refractivity contribution in [2.75, 3.05) is 25.5 Å². The highest BCUT2D eigenvalue weighted by Crippen LogP contribution is 2.22. The predicted molar refractivity (Wildman–Crippen MR) is 78.2 cm³/mol. The lowest BCUT2D eigenvalue weighted by molar-refractivity contribution is 0.0996. The molecular formula is C15H22FN3O. The van der Waals surface area contributed by atoms with Gasteiger partial charge in [-0.1, -0.05) is 0 Å². The van der Waals surface area contributed by atoms with Crippen molar-refractivity contribution in [3.05, 3.63) is 29.6 Å². The third-order valence-corrected chi connectivity index (χ3v) is 3.99. The number of rotatable bonds is 4. The number of hydrogen-bond donors (Lipinski definition) is 2. The minimum absolute atomic E-state index is 0.0667. The molecule has 1 amide bonds. The zero-order chi connectivity index (χ0) is 14.7. The average molecular weight is 279 g/mol. The van der Waals surface area contributed by atoms with E-state index < -0.39 is 11.7 Å². The van der Waals surface area contributed by atoms with Crippen LogP contribution in [0.2, 0.25) is 0 Å². The molecule has 1 saturated heterocycles. The van der Waals surface area contributed by atoms with Crippen molar-refractivity contribution in [3.63, 3.8) is 0 Å². The molecular weight excluding hydrogens is 257 g/mol. The molecule has 1 aromatic rings. The fraction of sp³-hybridized carbons (Fsp3) is 0.533. The molecule has 0 bridgehead atoms. The second kappa shape index (κ2) is 6.22. The first kappa shape index (κ1) is 14.8. The number of halogens is 1. The van der Waals surface area contributed by atoms with Crippen molar-refractivity contribution >= 4 is 11.6 Å². The Hall–Kier alpha value is -1.62. The van der Waals surface area contributed by atoms with Gasteiger partial charge in [-0.3, -0.25) is 4.79 Å². The quantitative estimate of drug-likeness (QED) is 0.887. The molecule has 4 nitrogen and oxygen atoms in total. The molecule has 110 valence electrons. The van der Waals surface area contributed by atoms with Crippen LogP contribution in [0, 0.1) is 11.7 Å². The number of anilines is 1. The van der Waals surface area contributed by atoms with Gasteiger partial charge >= 0.3 is 0 Å². The molecule has 1 aromatic carbocycles. The molecule has 5 heteroatoms. The molecule has 0 spiro atoms. The number of nitrogens with zero attached hydrogens (tertiary/aromatic N) is 1. The first-order valence-corrected chi connectivity index (χ1v) is 7.02. The van der Waals surface area contributed by atoms with Crippen LogP contribution >= 0.6 is 0 Å². The second-order valence-corrected chi connectivity index (χ2v) is 5.66. The Bertz CT molecular complexity index is 492. The lowest BCUT2D eigenvalue weighted by Gasteiger charge is -2.34. The summed E-state index contributed by atoms with van der Waals surface area (Å²) >= 11 is 0.